The Balaban J connectivity index is 1.38. The molecule has 0 spiro atoms. The molecule has 1 N–H and O–H groups in total. The summed E-state index contributed by atoms with van der Waals surface area (Å²) < 4.78 is 39.8. The molecule has 0 aromatic heterocycles. The van der Waals surface area contributed by atoms with Crippen LogP contribution < -0.4 is 5.32 Å². The average Bonchev–Trinajstić information content (AvgIpc) is 2.66. The number of amides is 2. The second-order valence-corrected chi connectivity index (χ2v) is 8.26. The maximum Gasteiger partial charge on any atom is 0.251 e. The third kappa shape index (κ3) is 6.34. The Labute approximate surface area is 173 Å². The van der Waals surface area contributed by atoms with Gasteiger partial charge in [-0.15, -0.1) is 0 Å². The molecule has 29 heavy (non-hydrogen) atoms. The van der Waals surface area contributed by atoms with Crippen molar-refractivity contribution in [2.45, 2.75) is 31.6 Å². The molecule has 2 heterocycles. The minimum atomic E-state index is -2.66. The summed E-state index contributed by atoms with van der Waals surface area (Å²) in [5.41, 5.74) is 0.185. The number of hydrogen-bond acceptors (Lipinski definition) is 3. The molecule has 1 aromatic carbocycles. The molecule has 2 aliphatic rings. The van der Waals surface area contributed by atoms with E-state index in [0.29, 0.717) is 19.6 Å². The Kier molecular flexibility index (Phi) is 7.05. The predicted molar refractivity (Wildman–Crippen MR) is 104 cm³/mol. The van der Waals surface area contributed by atoms with E-state index in [1.165, 1.54) is 11.0 Å². The molecule has 0 aliphatic carbocycles. The van der Waals surface area contributed by atoms with E-state index in [-0.39, 0.29) is 60.8 Å². The fourth-order valence-electron chi connectivity index (χ4n) is 3.75. The van der Waals surface area contributed by atoms with Crippen molar-refractivity contribution in [1.82, 2.24) is 15.1 Å². The first-order valence-electron chi connectivity index (χ1n) is 9.84. The normalized spacial score (nSPS) is 20.5. The van der Waals surface area contributed by atoms with E-state index in [9.17, 15) is 22.8 Å². The van der Waals surface area contributed by atoms with Gasteiger partial charge in [-0.2, -0.15) is 0 Å². The van der Waals surface area contributed by atoms with Crippen LogP contribution in [0.25, 0.3) is 0 Å². The van der Waals surface area contributed by atoms with Crippen LogP contribution in [0.15, 0.2) is 18.2 Å². The zero-order chi connectivity index (χ0) is 21.0. The SMILES string of the molecule is O=C(NCC1CCN(CC(=O)N2CCC(F)(F)CC2)CC1)c1cc(F)cc(Cl)c1. The van der Waals surface area contributed by atoms with E-state index in [1.54, 1.807) is 0 Å². The van der Waals surface area contributed by atoms with Crippen molar-refractivity contribution in [3.8, 4) is 0 Å². The van der Waals surface area contributed by atoms with Crippen LogP contribution in [-0.2, 0) is 4.79 Å². The molecule has 3 rings (SSSR count). The number of carbonyl (C=O) groups excluding carboxylic acids is 2. The molecule has 9 heteroatoms. The van der Waals surface area contributed by atoms with Gasteiger partial charge in [0.25, 0.3) is 11.8 Å². The van der Waals surface area contributed by atoms with Gasteiger partial charge in [-0.05, 0) is 50.0 Å². The first-order valence-corrected chi connectivity index (χ1v) is 10.2. The molecule has 160 valence electrons. The monoisotopic (exact) mass is 431 g/mol. The smallest absolute Gasteiger partial charge is 0.251 e. The van der Waals surface area contributed by atoms with Gasteiger partial charge in [0, 0.05) is 43.1 Å². The van der Waals surface area contributed by atoms with Crippen LogP contribution in [0.2, 0.25) is 5.02 Å². The topological polar surface area (TPSA) is 52.7 Å². The maximum atomic E-state index is 13.4. The van der Waals surface area contributed by atoms with Crippen molar-refractivity contribution in [2.75, 3.05) is 39.3 Å². The molecule has 0 radical (unpaired) electrons. The summed E-state index contributed by atoms with van der Waals surface area (Å²) in [4.78, 5) is 28.0. The zero-order valence-corrected chi connectivity index (χ0v) is 16.9. The fourth-order valence-corrected chi connectivity index (χ4v) is 3.97. The third-order valence-electron chi connectivity index (χ3n) is 5.59. The molecular weight excluding hydrogens is 407 g/mol. The second-order valence-electron chi connectivity index (χ2n) is 7.82. The zero-order valence-electron chi connectivity index (χ0n) is 16.1. The molecule has 2 saturated heterocycles. The largest absolute Gasteiger partial charge is 0.352 e. The first-order chi connectivity index (χ1) is 13.7. The molecule has 1 aromatic rings. The highest BCUT2D eigenvalue weighted by Gasteiger charge is 2.36. The lowest BCUT2D eigenvalue weighted by Crippen LogP contribution is -2.48. The minimum Gasteiger partial charge on any atom is -0.352 e. The lowest BCUT2D eigenvalue weighted by molar-refractivity contribution is -0.138. The van der Waals surface area contributed by atoms with E-state index in [0.717, 1.165) is 25.0 Å². The maximum absolute atomic E-state index is 13.4. The van der Waals surface area contributed by atoms with Crippen LogP contribution in [0.4, 0.5) is 13.2 Å². The fraction of sp³-hybridized carbons (Fsp3) is 0.600. The number of nitrogens with zero attached hydrogens (tertiary/aromatic N) is 2. The van der Waals surface area contributed by atoms with Crippen molar-refractivity contribution in [1.29, 1.82) is 0 Å². The van der Waals surface area contributed by atoms with Gasteiger partial charge in [0.15, 0.2) is 0 Å². The number of piperidine rings is 2. The summed E-state index contributed by atoms with van der Waals surface area (Å²) in [5, 5.41) is 2.98. The Morgan fingerprint density at radius 2 is 1.76 bits per heavy atom. The van der Waals surface area contributed by atoms with Crippen LogP contribution in [0.3, 0.4) is 0 Å². The molecule has 0 atom stereocenters. The summed E-state index contributed by atoms with van der Waals surface area (Å²) in [7, 11) is 0. The Bertz CT molecular complexity index is 724. The van der Waals surface area contributed by atoms with Crippen LogP contribution in [0.1, 0.15) is 36.0 Å². The molecule has 0 bridgehead atoms. The summed E-state index contributed by atoms with van der Waals surface area (Å²) in [6.45, 7) is 2.35. The van der Waals surface area contributed by atoms with Gasteiger partial charge >= 0.3 is 0 Å². The van der Waals surface area contributed by atoms with Gasteiger partial charge in [-0.3, -0.25) is 14.5 Å². The van der Waals surface area contributed by atoms with Gasteiger partial charge in [0.05, 0.1) is 6.54 Å². The number of hydrogen-bond donors (Lipinski definition) is 1. The Morgan fingerprint density at radius 3 is 2.38 bits per heavy atom. The predicted octanol–water partition coefficient (Wildman–Crippen LogP) is 3.18. The van der Waals surface area contributed by atoms with E-state index in [4.69, 9.17) is 11.6 Å². The van der Waals surface area contributed by atoms with E-state index in [1.807, 2.05) is 4.90 Å². The summed E-state index contributed by atoms with van der Waals surface area (Å²) in [5.74, 6) is -3.42. The number of benzene rings is 1. The van der Waals surface area contributed by atoms with Crippen molar-refractivity contribution < 1.29 is 22.8 Å². The lowest BCUT2D eigenvalue weighted by atomic mass is 9.96. The van der Waals surface area contributed by atoms with Gasteiger partial charge in [0.1, 0.15) is 5.82 Å². The Morgan fingerprint density at radius 1 is 1.10 bits per heavy atom. The number of likely N-dealkylation sites (tertiary alicyclic amines) is 2. The molecule has 2 aliphatic heterocycles. The van der Waals surface area contributed by atoms with Gasteiger partial charge in [-0.25, -0.2) is 13.2 Å². The van der Waals surface area contributed by atoms with E-state index in [2.05, 4.69) is 5.32 Å². The second kappa shape index (κ2) is 9.34. The summed E-state index contributed by atoms with van der Waals surface area (Å²) in [6.07, 6.45) is 1.10. The number of nitrogens with one attached hydrogen (secondary N) is 1. The quantitative estimate of drug-likeness (QED) is 0.779. The molecule has 5 nitrogen and oxygen atoms in total. The van der Waals surface area contributed by atoms with Crippen molar-refractivity contribution in [3.63, 3.8) is 0 Å². The Hall–Kier alpha value is -1.80. The standard InChI is InChI=1S/C20H25ClF3N3O2/c21-16-9-15(10-17(22)11-16)19(29)25-12-14-1-5-26(6-2-14)13-18(28)27-7-3-20(23,24)4-8-27/h9-11,14H,1-8,12-13H2,(H,25,29). The summed E-state index contributed by atoms with van der Waals surface area (Å²) in [6, 6.07) is 3.71. The number of halogens is 4. The molecule has 2 amide bonds. The highest BCUT2D eigenvalue weighted by atomic mass is 35.5. The summed E-state index contributed by atoms with van der Waals surface area (Å²) >= 11 is 5.78. The third-order valence-corrected chi connectivity index (χ3v) is 5.81. The highest BCUT2D eigenvalue weighted by Crippen LogP contribution is 2.28. The number of carbonyl (C=O) groups is 2. The van der Waals surface area contributed by atoms with Crippen molar-refractivity contribution in [3.05, 3.63) is 34.6 Å². The van der Waals surface area contributed by atoms with Crippen molar-refractivity contribution in [2.24, 2.45) is 5.92 Å². The molecule has 0 saturated carbocycles. The van der Waals surface area contributed by atoms with Crippen LogP contribution in [0.5, 0.6) is 0 Å². The average molecular weight is 432 g/mol. The highest BCUT2D eigenvalue weighted by molar-refractivity contribution is 6.31. The van der Waals surface area contributed by atoms with E-state index >= 15 is 0 Å². The van der Waals surface area contributed by atoms with Crippen LogP contribution in [0, 0.1) is 11.7 Å². The molecular formula is C20H25ClF3N3O2. The molecule has 2 fully saturated rings. The van der Waals surface area contributed by atoms with Gasteiger partial charge in [-0.1, -0.05) is 11.6 Å². The minimum absolute atomic E-state index is 0.102. The van der Waals surface area contributed by atoms with Crippen LogP contribution in [-0.4, -0.2) is 66.8 Å². The number of alkyl halides is 2. The van der Waals surface area contributed by atoms with Crippen molar-refractivity contribution >= 4 is 23.4 Å². The van der Waals surface area contributed by atoms with Gasteiger partial charge < -0.3 is 10.2 Å². The first kappa shape index (κ1) is 21.9. The lowest BCUT2D eigenvalue weighted by Gasteiger charge is -2.35. The van der Waals surface area contributed by atoms with Gasteiger partial charge in [0.2, 0.25) is 5.91 Å². The number of rotatable bonds is 5. The van der Waals surface area contributed by atoms with E-state index < -0.39 is 11.7 Å². The van der Waals surface area contributed by atoms with Crippen LogP contribution >= 0.6 is 11.6 Å². The molecule has 0 unspecified atom stereocenters.